The Labute approximate surface area is 160 Å². The summed E-state index contributed by atoms with van der Waals surface area (Å²) in [4.78, 5) is 12.0. The van der Waals surface area contributed by atoms with Gasteiger partial charge in [0, 0.05) is 16.6 Å². The van der Waals surface area contributed by atoms with E-state index in [1.165, 1.54) is 12.3 Å². The second-order valence-electron chi connectivity index (χ2n) is 5.51. The van der Waals surface area contributed by atoms with E-state index in [0.29, 0.717) is 5.56 Å². The number of rotatable bonds is 7. The number of aromatic hydroxyl groups is 1. The van der Waals surface area contributed by atoms with Crippen LogP contribution in [0.25, 0.3) is 0 Å². The Morgan fingerprint density at radius 2 is 1.96 bits per heavy atom. The number of nitrogens with zero attached hydrogens (tertiary/aromatic N) is 2. The summed E-state index contributed by atoms with van der Waals surface area (Å²) in [6.45, 7) is -0.279. The molecule has 1 amide bonds. The Hall–Kier alpha value is -2.23. The third-order valence-corrected chi connectivity index (χ3v) is 5.06. The molecule has 9 heteroatoms. The molecule has 0 spiro atoms. The second-order valence-corrected chi connectivity index (χ2v) is 8.41. The van der Waals surface area contributed by atoms with Gasteiger partial charge in [-0.25, -0.2) is 13.8 Å². The fourth-order valence-corrected chi connectivity index (χ4v) is 3.19. The summed E-state index contributed by atoms with van der Waals surface area (Å²) < 4.78 is 25.6. The van der Waals surface area contributed by atoms with E-state index < -0.39 is 15.9 Å². The van der Waals surface area contributed by atoms with Crippen molar-refractivity contribution in [2.75, 3.05) is 12.8 Å². The highest BCUT2D eigenvalue weighted by molar-refractivity contribution is 9.10. The molecule has 2 rings (SSSR count). The van der Waals surface area contributed by atoms with Gasteiger partial charge in [-0.05, 0) is 23.8 Å². The molecule has 2 aromatic rings. The van der Waals surface area contributed by atoms with Crippen LogP contribution in [-0.4, -0.2) is 42.8 Å². The first-order valence-electron chi connectivity index (χ1n) is 7.55. The van der Waals surface area contributed by atoms with Gasteiger partial charge in [-0.1, -0.05) is 46.3 Å². The lowest BCUT2D eigenvalue weighted by Gasteiger charge is -2.18. The van der Waals surface area contributed by atoms with Gasteiger partial charge in [-0.15, -0.1) is 0 Å². The highest BCUT2D eigenvalue weighted by atomic mass is 79.9. The number of sulfonamides is 1. The molecular formula is C17H18BrN3O4S. The maximum atomic E-state index is 12.0. The van der Waals surface area contributed by atoms with Gasteiger partial charge in [-0.3, -0.25) is 4.79 Å². The van der Waals surface area contributed by atoms with Crippen LogP contribution in [0.3, 0.4) is 0 Å². The van der Waals surface area contributed by atoms with Crippen LogP contribution in [0.2, 0.25) is 0 Å². The number of benzene rings is 2. The van der Waals surface area contributed by atoms with Crippen molar-refractivity contribution in [3.05, 3.63) is 64.1 Å². The molecule has 138 valence electrons. The molecule has 0 saturated heterocycles. The first-order chi connectivity index (χ1) is 12.3. The molecule has 0 saturated carbocycles. The van der Waals surface area contributed by atoms with Crippen LogP contribution in [0.1, 0.15) is 11.1 Å². The van der Waals surface area contributed by atoms with Crippen molar-refractivity contribution in [3.8, 4) is 5.75 Å². The lowest BCUT2D eigenvalue weighted by atomic mass is 10.2. The van der Waals surface area contributed by atoms with Crippen molar-refractivity contribution >= 4 is 38.1 Å². The molecule has 2 aromatic carbocycles. The highest BCUT2D eigenvalue weighted by Gasteiger charge is 2.20. The number of halogens is 1. The minimum Gasteiger partial charge on any atom is -0.507 e. The van der Waals surface area contributed by atoms with Gasteiger partial charge in [0.05, 0.1) is 19.0 Å². The van der Waals surface area contributed by atoms with E-state index >= 15 is 0 Å². The van der Waals surface area contributed by atoms with Gasteiger partial charge in [0.25, 0.3) is 5.91 Å². The molecule has 0 aliphatic rings. The van der Waals surface area contributed by atoms with E-state index in [2.05, 4.69) is 26.5 Å². The zero-order valence-corrected chi connectivity index (χ0v) is 16.4. The van der Waals surface area contributed by atoms with E-state index in [9.17, 15) is 18.3 Å². The maximum Gasteiger partial charge on any atom is 0.255 e. The van der Waals surface area contributed by atoms with Crippen LogP contribution in [0, 0.1) is 0 Å². The van der Waals surface area contributed by atoms with Crippen LogP contribution in [0.5, 0.6) is 5.75 Å². The van der Waals surface area contributed by atoms with Crippen LogP contribution in [0.15, 0.2) is 58.1 Å². The summed E-state index contributed by atoms with van der Waals surface area (Å²) >= 11 is 3.27. The van der Waals surface area contributed by atoms with Crippen molar-refractivity contribution in [1.29, 1.82) is 0 Å². The molecule has 0 heterocycles. The molecule has 0 aromatic heterocycles. The van der Waals surface area contributed by atoms with Gasteiger partial charge in [-0.2, -0.15) is 9.41 Å². The molecule has 0 fully saturated rings. The average molecular weight is 440 g/mol. The lowest BCUT2D eigenvalue weighted by molar-refractivity contribution is -0.121. The molecule has 0 unspecified atom stereocenters. The largest absolute Gasteiger partial charge is 0.507 e. The van der Waals surface area contributed by atoms with Gasteiger partial charge in [0.2, 0.25) is 10.0 Å². The number of phenolic OH excluding ortho intramolecular Hbond substituents is 1. The lowest BCUT2D eigenvalue weighted by Crippen LogP contribution is -2.38. The minimum atomic E-state index is -3.57. The van der Waals surface area contributed by atoms with E-state index in [1.807, 2.05) is 6.07 Å². The Kier molecular flexibility index (Phi) is 6.90. The normalized spacial score (nSPS) is 11.8. The fraction of sp³-hybridized carbons (Fsp3) is 0.176. The monoisotopic (exact) mass is 439 g/mol. The van der Waals surface area contributed by atoms with Crippen molar-refractivity contribution in [2.45, 2.75) is 6.54 Å². The molecule has 7 nitrogen and oxygen atoms in total. The smallest absolute Gasteiger partial charge is 0.255 e. The molecule has 26 heavy (non-hydrogen) atoms. The third-order valence-electron chi connectivity index (χ3n) is 3.37. The Morgan fingerprint density at radius 3 is 2.62 bits per heavy atom. The van der Waals surface area contributed by atoms with Gasteiger partial charge in [0.15, 0.2) is 0 Å². The number of hydrogen-bond donors (Lipinski definition) is 2. The average Bonchev–Trinajstić information content (AvgIpc) is 2.57. The predicted octanol–water partition coefficient (Wildman–Crippen LogP) is 2.07. The van der Waals surface area contributed by atoms with Crippen molar-refractivity contribution in [3.63, 3.8) is 0 Å². The number of nitrogens with one attached hydrogen (secondary N) is 1. The molecule has 0 aliphatic carbocycles. The molecular weight excluding hydrogens is 422 g/mol. The number of hydrazone groups is 1. The van der Waals surface area contributed by atoms with E-state index in [1.54, 1.807) is 36.4 Å². The van der Waals surface area contributed by atoms with Crippen LogP contribution in [0.4, 0.5) is 0 Å². The van der Waals surface area contributed by atoms with Crippen molar-refractivity contribution < 1.29 is 18.3 Å². The van der Waals surface area contributed by atoms with Gasteiger partial charge >= 0.3 is 0 Å². The molecule has 0 aliphatic heterocycles. The first-order valence-corrected chi connectivity index (χ1v) is 10.2. The SMILES string of the molecule is CS(=O)(=O)N(CC(=O)N/N=C/c1cc(Br)ccc1O)Cc1ccccc1. The number of amides is 1. The van der Waals surface area contributed by atoms with Crippen LogP contribution < -0.4 is 5.43 Å². The molecule has 2 N–H and O–H groups in total. The topological polar surface area (TPSA) is 99.1 Å². The predicted molar refractivity (Wildman–Crippen MR) is 103 cm³/mol. The Morgan fingerprint density at radius 1 is 1.27 bits per heavy atom. The van der Waals surface area contributed by atoms with Gasteiger partial charge < -0.3 is 5.11 Å². The number of carbonyl (C=O) groups is 1. The number of carbonyl (C=O) groups excluding carboxylic acids is 1. The standard InChI is InChI=1S/C17H18BrN3O4S/c1-26(24,25)21(11-13-5-3-2-4-6-13)12-17(23)20-19-10-14-9-15(18)7-8-16(14)22/h2-10,22H,11-12H2,1H3,(H,20,23)/b19-10+. The minimum absolute atomic E-state index is 0.00744. The zero-order valence-electron chi connectivity index (χ0n) is 14.0. The van der Waals surface area contributed by atoms with Crippen LogP contribution >= 0.6 is 15.9 Å². The molecule has 0 radical (unpaired) electrons. The zero-order chi connectivity index (χ0) is 19.2. The molecule has 0 atom stereocenters. The van der Waals surface area contributed by atoms with Gasteiger partial charge in [0.1, 0.15) is 5.75 Å². The number of hydrogen-bond acceptors (Lipinski definition) is 5. The second kappa shape index (κ2) is 8.93. The van der Waals surface area contributed by atoms with E-state index in [-0.39, 0.29) is 18.8 Å². The fourth-order valence-electron chi connectivity index (χ4n) is 2.08. The Bertz CT molecular complexity index is 901. The maximum absolute atomic E-state index is 12.0. The number of phenols is 1. The Balaban J connectivity index is 2.01. The quantitative estimate of drug-likeness (QED) is 0.509. The first kappa shape index (κ1) is 20.1. The summed E-state index contributed by atoms with van der Waals surface area (Å²) in [6.07, 6.45) is 2.33. The summed E-state index contributed by atoms with van der Waals surface area (Å²) in [5.41, 5.74) is 3.44. The van der Waals surface area contributed by atoms with Crippen molar-refractivity contribution in [2.24, 2.45) is 5.10 Å². The summed E-state index contributed by atoms with van der Waals surface area (Å²) in [5, 5.41) is 13.5. The van der Waals surface area contributed by atoms with E-state index in [0.717, 1.165) is 20.6 Å². The summed E-state index contributed by atoms with van der Waals surface area (Å²) in [7, 11) is -3.57. The summed E-state index contributed by atoms with van der Waals surface area (Å²) in [6, 6.07) is 13.8. The van der Waals surface area contributed by atoms with E-state index in [4.69, 9.17) is 0 Å². The highest BCUT2D eigenvalue weighted by Crippen LogP contribution is 2.19. The van der Waals surface area contributed by atoms with Crippen molar-refractivity contribution in [1.82, 2.24) is 9.73 Å². The third kappa shape index (κ3) is 6.25. The molecule has 0 bridgehead atoms. The van der Waals surface area contributed by atoms with Crippen LogP contribution in [-0.2, 0) is 21.4 Å². The summed E-state index contributed by atoms with van der Waals surface area (Å²) in [5.74, 6) is -0.579.